The minimum absolute atomic E-state index is 0.0983. The average Bonchev–Trinajstić information content (AvgIpc) is 2.83. The molecule has 1 N–H and O–H groups in total. The van der Waals surface area contributed by atoms with Crippen LogP contribution in [0.5, 0.6) is 0 Å². The topological polar surface area (TPSA) is 89.3 Å². The maximum absolute atomic E-state index is 12.9. The third-order valence-corrected chi connectivity index (χ3v) is 5.67. The Balaban J connectivity index is 2.11. The predicted molar refractivity (Wildman–Crippen MR) is 80.9 cm³/mol. The van der Waals surface area contributed by atoms with Gasteiger partial charge in [0.1, 0.15) is 16.8 Å². The number of hydrogen-bond acceptors (Lipinski definition) is 5. The van der Waals surface area contributed by atoms with Crippen LogP contribution in [-0.2, 0) is 21.2 Å². The standard InChI is InChI=1S/C15H17FN2O4S/c1-9-14(10(2)22-18-9)8-17-15(19)11(3)23(20,21)13-6-4-12(16)5-7-13/h4-7,11H,8H2,1-3H3,(H,17,19)/t11-/m0/s1. The van der Waals surface area contributed by atoms with Gasteiger partial charge in [-0.2, -0.15) is 0 Å². The van der Waals surface area contributed by atoms with Crippen LogP contribution in [0.4, 0.5) is 4.39 Å². The highest BCUT2D eigenvalue weighted by Gasteiger charge is 2.29. The van der Waals surface area contributed by atoms with E-state index in [1.807, 2.05) is 0 Å². The molecule has 0 aliphatic heterocycles. The predicted octanol–water partition coefficient (Wildman–Crippen LogP) is 1.91. The van der Waals surface area contributed by atoms with Gasteiger partial charge in [-0.3, -0.25) is 4.79 Å². The average molecular weight is 340 g/mol. The molecule has 0 aliphatic carbocycles. The molecule has 0 fully saturated rings. The number of nitrogens with zero attached hydrogens (tertiary/aromatic N) is 1. The number of hydrogen-bond donors (Lipinski definition) is 1. The minimum atomic E-state index is -3.88. The molecule has 1 amide bonds. The Morgan fingerprint density at radius 2 is 1.91 bits per heavy atom. The first kappa shape index (κ1) is 17.1. The summed E-state index contributed by atoms with van der Waals surface area (Å²) in [7, 11) is -3.88. The van der Waals surface area contributed by atoms with Crippen molar-refractivity contribution >= 4 is 15.7 Å². The monoisotopic (exact) mass is 340 g/mol. The molecule has 0 spiro atoms. The molecular formula is C15H17FN2O4S. The van der Waals surface area contributed by atoms with Crippen molar-refractivity contribution in [1.82, 2.24) is 10.5 Å². The Labute approximate surface area is 133 Å². The molecule has 1 aromatic heterocycles. The number of carbonyl (C=O) groups is 1. The largest absolute Gasteiger partial charge is 0.361 e. The fraction of sp³-hybridized carbons (Fsp3) is 0.333. The number of nitrogens with one attached hydrogen (secondary N) is 1. The third-order valence-electron chi connectivity index (χ3n) is 3.60. The second-order valence-electron chi connectivity index (χ2n) is 5.16. The van der Waals surface area contributed by atoms with E-state index in [2.05, 4.69) is 10.5 Å². The lowest BCUT2D eigenvalue weighted by atomic mass is 10.2. The third kappa shape index (κ3) is 3.58. The number of halogens is 1. The van der Waals surface area contributed by atoms with E-state index in [-0.39, 0.29) is 11.4 Å². The molecular weight excluding hydrogens is 323 g/mol. The van der Waals surface area contributed by atoms with E-state index in [1.165, 1.54) is 6.92 Å². The van der Waals surface area contributed by atoms with Gasteiger partial charge < -0.3 is 9.84 Å². The van der Waals surface area contributed by atoms with Crippen molar-refractivity contribution in [2.45, 2.75) is 37.5 Å². The zero-order valence-electron chi connectivity index (χ0n) is 13.0. The SMILES string of the molecule is Cc1noc(C)c1CNC(=O)[C@H](C)S(=O)(=O)c1ccc(F)cc1. The highest BCUT2D eigenvalue weighted by molar-refractivity contribution is 7.92. The minimum Gasteiger partial charge on any atom is -0.361 e. The van der Waals surface area contributed by atoms with Crippen molar-refractivity contribution in [2.75, 3.05) is 0 Å². The second kappa shape index (κ2) is 6.49. The van der Waals surface area contributed by atoms with Gasteiger partial charge in [-0.15, -0.1) is 0 Å². The van der Waals surface area contributed by atoms with E-state index in [4.69, 9.17) is 4.52 Å². The molecule has 2 aromatic rings. The van der Waals surface area contributed by atoms with E-state index in [1.54, 1.807) is 13.8 Å². The molecule has 8 heteroatoms. The molecule has 0 unspecified atom stereocenters. The highest BCUT2D eigenvalue weighted by atomic mass is 32.2. The van der Waals surface area contributed by atoms with Crippen LogP contribution in [0, 0.1) is 19.7 Å². The molecule has 1 heterocycles. The number of benzene rings is 1. The Hall–Kier alpha value is -2.22. The van der Waals surface area contributed by atoms with Crippen molar-refractivity contribution < 1.29 is 22.1 Å². The summed E-state index contributed by atoms with van der Waals surface area (Å²) in [4.78, 5) is 12.0. The zero-order chi connectivity index (χ0) is 17.2. The lowest BCUT2D eigenvalue weighted by Crippen LogP contribution is -2.37. The fourth-order valence-corrected chi connectivity index (χ4v) is 3.33. The van der Waals surface area contributed by atoms with Gasteiger partial charge in [0.15, 0.2) is 9.84 Å². The van der Waals surface area contributed by atoms with Gasteiger partial charge in [0, 0.05) is 12.1 Å². The summed E-state index contributed by atoms with van der Waals surface area (Å²) in [6.07, 6.45) is 0. The van der Waals surface area contributed by atoms with Gasteiger partial charge in [-0.25, -0.2) is 12.8 Å². The molecule has 0 aliphatic rings. The van der Waals surface area contributed by atoms with E-state index >= 15 is 0 Å². The van der Waals surface area contributed by atoms with Crippen LogP contribution < -0.4 is 5.32 Å². The number of aromatic nitrogens is 1. The summed E-state index contributed by atoms with van der Waals surface area (Å²) in [5, 5.41) is 5.03. The summed E-state index contributed by atoms with van der Waals surface area (Å²) in [5.74, 6) is -0.620. The molecule has 0 saturated heterocycles. The molecule has 2 rings (SSSR count). The Morgan fingerprint density at radius 3 is 2.43 bits per heavy atom. The fourth-order valence-electron chi connectivity index (χ4n) is 2.04. The van der Waals surface area contributed by atoms with Crippen LogP contribution in [0.15, 0.2) is 33.7 Å². The molecule has 1 atom stereocenters. The first-order valence-corrected chi connectivity index (χ1v) is 8.47. The number of sulfone groups is 1. The van der Waals surface area contributed by atoms with Crippen molar-refractivity contribution in [3.05, 3.63) is 47.1 Å². The van der Waals surface area contributed by atoms with Gasteiger partial charge in [0.2, 0.25) is 5.91 Å². The summed E-state index contributed by atoms with van der Waals surface area (Å²) < 4.78 is 42.6. The second-order valence-corrected chi connectivity index (χ2v) is 7.43. The smallest absolute Gasteiger partial charge is 0.238 e. The van der Waals surface area contributed by atoms with Crippen molar-refractivity contribution in [1.29, 1.82) is 0 Å². The first-order chi connectivity index (χ1) is 10.7. The van der Waals surface area contributed by atoms with Gasteiger partial charge in [0.05, 0.1) is 10.6 Å². The first-order valence-electron chi connectivity index (χ1n) is 6.92. The van der Waals surface area contributed by atoms with Crippen molar-refractivity contribution in [3.63, 3.8) is 0 Å². The van der Waals surface area contributed by atoms with Crippen LogP contribution >= 0.6 is 0 Å². The number of rotatable bonds is 5. The number of carbonyl (C=O) groups excluding carboxylic acids is 1. The zero-order valence-corrected chi connectivity index (χ0v) is 13.8. The summed E-state index contributed by atoms with van der Waals surface area (Å²) in [5.41, 5.74) is 1.35. The lowest BCUT2D eigenvalue weighted by Gasteiger charge is -2.13. The van der Waals surface area contributed by atoms with Crippen molar-refractivity contribution in [2.24, 2.45) is 0 Å². The van der Waals surface area contributed by atoms with Gasteiger partial charge in [-0.05, 0) is 45.0 Å². The van der Waals surface area contributed by atoms with Crippen LogP contribution in [0.3, 0.4) is 0 Å². The molecule has 0 radical (unpaired) electrons. The van der Waals surface area contributed by atoms with E-state index in [9.17, 15) is 17.6 Å². The van der Waals surface area contributed by atoms with Gasteiger partial charge in [-0.1, -0.05) is 5.16 Å². The van der Waals surface area contributed by atoms with Crippen LogP contribution in [0.1, 0.15) is 23.9 Å². The maximum Gasteiger partial charge on any atom is 0.238 e. The number of amides is 1. The maximum atomic E-state index is 12.9. The summed E-state index contributed by atoms with van der Waals surface area (Å²) >= 11 is 0. The van der Waals surface area contributed by atoms with Crippen molar-refractivity contribution in [3.8, 4) is 0 Å². The van der Waals surface area contributed by atoms with Crippen LogP contribution in [-0.4, -0.2) is 24.7 Å². The molecule has 6 nitrogen and oxygen atoms in total. The van der Waals surface area contributed by atoms with Gasteiger partial charge in [0.25, 0.3) is 0 Å². The molecule has 0 bridgehead atoms. The number of aryl methyl sites for hydroxylation is 2. The molecule has 124 valence electrons. The lowest BCUT2D eigenvalue weighted by molar-refractivity contribution is -0.120. The quantitative estimate of drug-likeness (QED) is 0.840. The molecule has 1 aromatic carbocycles. The highest BCUT2D eigenvalue weighted by Crippen LogP contribution is 2.17. The van der Waals surface area contributed by atoms with E-state index in [0.717, 1.165) is 24.3 Å². The summed E-state index contributed by atoms with van der Waals surface area (Å²) in [6.45, 7) is 4.86. The molecule has 23 heavy (non-hydrogen) atoms. The summed E-state index contributed by atoms with van der Waals surface area (Å²) in [6, 6.07) is 4.37. The van der Waals surface area contributed by atoms with Crippen LogP contribution in [0.25, 0.3) is 0 Å². The van der Waals surface area contributed by atoms with E-state index in [0.29, 0.717) is 17.0 Å². The van der Waals surface area contributed by atoms with E-state index < -0.39 is 26.8 Å². The Kier molecular flexibility index (Phi) is 4.84. The normalized spacial score (nSPS) is 12.9. The Morgan fingerprint density at radius 1 is 1.30 bits per heavy atom. The Bertz CT molecular complexity index is 793. The van der Waals surface area contributed by atoms with Gasteiger partial charge >= 0.3 is 0 Å². The molecule has 0 saturated carbocycles. The van der Waals surface area contributed by atoms with Crippen LogP contribution in [0.2, 0.25) is 0 Å².